The van der Waals surface area contributed by atoms with Gasteiger partial charge in [-0.2, -0.15) is 0 Å². The van der Waals surface area contributed by atoms with E-state index in [1.54, 1.807) is 0 Å². The summed E-state index contributed by atoms with van der Waals surface area (Å²) >= 11 is 0. The van der Waals surface area contributed by atoms with E-state index >= 15 is 0 Å². The molecule has 88 valence electrons. The Labute approximate surface area is 102 Å². The number of rotatable bonds is 4. The third-order valence-corrected chi connectivity index (χ3v) is 2.71. The van der Waals surface area contributed by atoms with Gasteiger partial charge in [0, 0.05) is 0 Å². The quantitative estimate of drug-likeness (QED) is 0.871. The first-order valence-electron chi connectivity index (χ1n) is 5.84. The van der Waals surface area contributed by atoms with Crippen LogP contribution in [0.5, 0.6) is 5.75 Å². The molecule has 2 aromatic carbocycles. The number of hydrogen-bond acceptors (Lipinski definition) is 2. The lowest BCUT2D eigenvalue weighted by Crippen LogP contribution is -2.11. The summed E-state index contributed by atoms with van der Waals surface area (Å²) in [5, 5.41) is 0. The molecule has 0 radical (unpaired) electrons. The van der Waals surface area contributed by atoms with Crippen molar-refractivity contribution in [1.29, 1.82) is 0 Å². The fraction of sp³-hybridized carbons (Fsp3) is 0.200. The van der Waals surface area contributed by atoms with Gasteiger partial charge in [0.2, 0.25) is 0 Å². The Hall–Kier alpha value is -1.80. The summed E-state index contributed by atoms with van der Waals surface area (Å²) in [6.07, 6.45) is 0. The van der Waals surface area contributed by atoms with E-state index in [1.807, 2.05) is 61.5 Å². The maximum atomic E-state index is 6.20. The highest BCUT2D eigenvalue weighted by molar-refractivity contribution is 5.34. The summed E-state index contributed by atoms with van der Waals surface area (Å²) in [7, 11) is 0. The van der Waals surface area contributed by atoms with Crippen LogP contribution in [0.4, 0.5) is 0 Å². The SMILES string of the molecule is CCOc1ccc([C@@H](N)c2ccccc2)cc1. The van der Waals surface area contributed by atoms with E-state index < -0.39 is 0 Å². The molecule has 0 aliphatic rings. The van der Waals surface area contributed by atoms with Crippen LogP contribution < -0.4 is 10.5 Å². The van der Waals surface area contributed by atoms with Gasteiger partial charge in [0.1, 0.15) is 5.75 Å². The first-order chi connectivity index (χ1) is 8.31. The van der Waals surface area contributed by atoms with E-state index in [2.05, 4.69) is 0 Å². The van der Waals surface area contributed by atoms with E-state index in [4.69, 9.17) is 10.5 Å². The predicted molar refractivity (Wildman–Crippen MR) is 70.1 cm³/mol. The Morgan fingerprint density at radius 1 is 0.941 bits per heavy atom. The summed E-state index contributed by atoms with van der Waals surface area (Å²) in [6, 6.07) is 18.0. The molecule has 17 heavy (non-hydrogen) atoms. The average Bonchev–Trinajstić information content (AvgIpc) is 2.40. The zero-order valence-corrected chi connectivity index (χ0v) is 9.97. The molecule has 0 amide bonds. The molecule has 0 spiro atoms. The van der Waals surface area contributed by atoms with Crippen LogP contribution >= 0.6 is 0 Å². The van der Waals surface area contributed by atoms with Crippen LogP contribution in [-0.4, -0.2) is 6.61 Å². The molecular formula is C15H17NO. The van der Waals surface area contributed by atoms with E-state index in [0.717, 1.165) is 16.9 Å². The predicted octanol–water partition coefficient (Wildman–Crippen LogP) is 3.13. The average molecular weight is 227 g/mol. The Morgan fingerprint density at radius 3 is 2.12 bits per heavy atom. The molecule has 0 saturated heterocycles. The monoisotopic (exact) mass is 227 g/mol. The van der Waals surface area contributed by atoms with Crippen molar-refractivity contribution in [2.75, 3.05) is 6.61 Å². The lowest BCUT2D eigenvalue weighted by Gasteiger charge is -2.13. The van der Waals surface area contributed by atoms with Gasteiger partial charge >= 0.3 is 0 Å². The smallest absolute Gasteiger partial charge is 0.119 e. The number of hydrogen-bond donors (Lipinski definition) is 1. The molecular weight excluding hydrogens is 210 g/mol. The Kier molecular flexibility index (Phi) is 3.78. The van der Waals surface area contributed by atoms with Crippen molar-refractivity contribution in [3.63, 3.8) is 0 Å². The molecule has 0 bridgehead atoms. The van der Waals surface area contributed by atoms with E-state index in [9.17, 15) is 0 Å². The molecule has 2 aromatic rings. The molecule has 0 fully saturated rings. The van der Waals surface area contributed by atoms with Gasteiger partial charge in [-0.25, -0.2) is 0 Å². The van der Waals surface area contributed by atoms with Crippen LogP contribution in [0.25, 0.3) is 0 Å². The molecule has 1 atom stereocenters. The molecule has 0 aliphatic carbocycles. The minimum Gasteiger partial charge on any atom is -0.494 e. The van der Waals surface area contributed by atoms with Gasteiger partial charge in [0.05, 0.1) is 12.6 Å². The Bertz CT molecular complexity index is 450. The highest BCUT2D eigenvalue weighted by atomic mass is 16.5. The summed E-state index contributed by atoms with van der Waals surface area (Å²) < 4.78 is 5.41. The third-order valence-electron chi connectivity index (χ3n) is 2.71. The van der Waals surface area contributed by atoms with Gasteiger partial charge in [0.15, 0.2) is 0 Å². The fourth-order valence-electron chi connectivity index (χ4n) is 1.79. The maximum Gasteiger partial charge on any atom is 0.119 e. The van der Waals surface area contributed by atoms with Gasteiger partial charge in [-0.1, -0.05) is 42.5 Å². The van der Waals surface area contributed by atoms with Crippen molar-refractivity contribution in [3.8, 4) is 5.75 Å². The number of benzene rings is 2. The van der Waals surface area contributed by atoms with Crippen molar-refractivity contribution < 1.29 is 4.74 Å². The molecule has 2 nitrogen and oxygen atoms in total. The standard InChI is InChI=1S/C15H17NO/c1-2-17-14-10-8-13(9-11-14)15(16)12-6-4-3-5-7-12/h3-11,15H,2,16H2,1H3/t15-/m0/s1. The molecule has 2 N–H and O–H groups in total. The first kappa shape index (κ1) is 11.7. The second kappa shape index (κ2) is 5.51. The van der Waals surface area contributed by atoms with Gasteiger partial charge in [0.25, 0.3) is 0 Å². The minimum absolute atomic E-state index is 0.0770. The summed E-state index contributed by atoms with van der Waals surface area (Å²) in [4.78, 5) is 0. The van der Waals surface area contributed by atoms with Crippen LogP contribution in [-0.2, 0) is 0 Å². The van der Waals surface area contributed by atoms with Crippen molar-refractivity contribution in [1.82, 2.24) is 0 Å². The van der Waals surface area contributed by atoms with E-state index in [0.29, 0.717) is 6.61 Å². The van der Waals surface area contributed by atoms with Crippen LogP contribution in [0.3, 0.4) is 0 Å². The molecule has 0 unspecified atom stereocenters. The van der Waals surface area contributed by atoms with Crippen LogP contribution in [0, 0.1) is 0 Å². The largest absolute Gasteiger partial charge is 0.494 e. The summed E-state index contributed by atoms with van der Waals surface area (Å²) in [5.41, 5.74) is 8.42. The van der Waals surface area contributed by atoms with Crippen molar-refractivity contribution in [2.45, 2.75) is 13.0 Å². The zero-order valence-electron chi connectivity index (χ0n) is 9.97. The zero-order chi connectivity index (χ0) is 12.1. The number of ether oxygens (including phenoxy) is 1. The second-order valence-corrected chi connectivity index (χ2v) is 3.89. The molecule has 0 aromatic heterocycles. The van der Waals surface area contributed by atoms with Crippen molar-refractivity contribution in [2.24, 2.45) is 5.73 Å². The molecule has 2 heteroatoms. The highest BCUT2D eigenvalue weighted by Gasteiger charge is 2.07. The number of nitrogens with two attached hydrogens (primary N) is 1. The van der Waals surface area contributed by atoms with E-state index in [-0.39, 0.29) is 6.04 Å². The van der Waals surface area contributed by atoms with Crippen LogP contribution in [0.1, 0.15) is 24.1 Å². The van der Waals surface area contributed by atoms with Crippen molar-refractivity contribution >= 4 is 0 Å². The topological polar surface area (TPSA) is 35.2 Å². The third kappa shape index (κ3) is 2.86. The lowest BCUT2D eigenvalue weighted by molar-refractivity contribution is 0.340. The molecule has 0 heterocycles. The van der Waals surface area contributed by atoms with Crippen LogP contribution in [0.2, 0.25) is 0 Å². The first-order valence-corrected chi connectivity index (χ1v) is 5.84. The van der Waals surface area contributed by atoms with Gasteiger partial charge in [-0.05, 0) is 30.2 Å². The highest BCUT2D eigenvalue weighted by Crippen LogP contribution is 2.21. The van der Waals surface area contributed by atoms with Gasteiger partial charge in [-0.3, -0.25) is 0 Å². The fourth-order valence-corrected chi connectivity index (χ4v) is 1.79. The minimum atomic E-state index is -0.0770. The molecule has 2 rings (SSSR count). The van der Waals surface area contributed by atoms with Crippen LogP contribution in [0.15, 0.2) is 54.6 Å². The Balaban J connectivity index is 2.17. The maximum absolute atomic E-state index is 6.20. The summed E-state index contributed by atoms with van der Waals surface area (Å²) in [5.74, 6) is 0.886. The van der Waals surface area contributed by atoms with Gasteiger partial charge < -0.3 is 10.5 Å². The van der Waals surface area contributed by atoms with Crippen molar-refractivity contribution in [3.05, 3.63) is 65.7 Å². The molecule has 0 saturated carbocycles. The molecule has 0 aliphatic heterocycles. The second-order valence-electron chi connectivity index (χ2n) is 3.89. The normalized spacial score (nSPS) is 12.1. The summed E-state index contributed by atoms with van der Waals surface area (Å²) in [6.45, 7) is 2.66. The van der Waals surface area contributed by atoms with Gasteiger partial charge in [-0.15, -0.1) is 0 Å². The Morgan fingerprint density at radius 2 is 1.53 bits per heavy atom. The van der Waals surface area contributed by atoms with E-state index in [1.165, 1.54) is 0 Å². The lowest BCUT2D eigenvalue weighted by atomic mass is 10.00.